The Morgan fingerprint density at radius 1 is 1.23 bits per heavy atom. The summed E-state index contributed by atoms with van der Waals surface area (Å²) in [6.45, 7) is 6.04. The van der Waals surface area contributed by atoms with E-state index in [4.69, 9.17) is 4.74 Å². The van der Waals surface area contributed by atoms with Gasteiger partial charge in [-0.05, 0) is 37.5 Å². The number of carbonyl (C=O) groups excluding carboxylic acids is 1. The van der Waals surface area contributed by atoms with Gasteiger partial charge >= 0.3 is 0 Å². The van der Waals surface area contributed by atoms with Gasteiger partial charge in [0.25, 0.3) is 0 Å². The smallest absolute Gasteiger partial charge is 0.214 e. The predicted octanol–water partition coefficient (Wildman–Crippen LogP) is 3.65. The standard InChI is InChI=1S/C25H32N2O4/c1-25(2,30)21-10-7-13-26(16-21)15-20-11-12-22(14-23(20)29)27(18-28)17-24(31-3)19-8-5-4-6-9-19/h4-6,8-12,14,18,24,29-30H,7,13,15-17H2,1-3H3. The molecule has 2 aromatic carbocycles. The van der Waals surface area contributed by atoms with Crippen LogP contribution in [0.3, 0.4) is 0 Å². The second kappa shape index (κ2) is 10.1. The minimum Gasteiger partial charge on any atom is -0.508 e. The second-order valence-corrected chi connectivity index (χ2v) is 8.49. The van der Waals surface area contributed by atoms with Crippen molar-refractivity contribution in [3.63, 3.8) is 0 Å². The Labute approximate surface area is 184 Å². The van der Waals surface area contributed by atoms with Crippen molar-refractivity contribution in [3.05, 3.63) is 71.3 Å². The summed E-state index contributed by atoms with van der Waals surface area (Å²) in [5.41, 5.74) is 2.54. The Morgan fingerprint density at radius 2 is 1.97 bits per heavy atom. The number of hydrogen-bond acceptors (Lipinski definition) is 5. The first-order valence-corrected chi connectivity index (χ1v) is 10.6. The fourth-order valence-electron chi connectivity index (χ4n) is 3.86. The summed E-state index contributed by atoms with van der Waals surface area (Å²) in [7, 11) is 1.62. The van der Waals surface area contributed by atoms with Crippen LogP contribution < -0.4 is 4.90 Å². The lowest BCUT2D eigenvalue weighted by molar-refractivity contribution is -0.107. The number of methoxy groups -OCH3 is 1. The van der Waals surface area contributed by atoms with E-state index in [2.05, 4.69) is 11.0 Å². The highest BCUT2D eigenvalue weighted by Gasteiger charge is 2.25. The van der Waals surface area contributed by atoms with Crippen molar-refractivity contribution in [1.29, 1.82) is 0 Å². The van der Waals surface area contributed by atoms with Crippen LogP contribution >= 0.6 is 0 Å². The number of nitrogens with zero attached hydrogens (tertiary/aromatic N) is 2. The van der Waals surface area contributed by atoms with E-state index in [0.717, 1.165) is 36.1 Å². The fourth-order valence-corrected chi connectivity index (χ4v) is 3.86. The first-order valence-electron chi connectivity index (χ1n) is 10.6. The Morgan fingerprint density at radius 3 is 2.58 bits per heavy atom. The van der Waals surface area contributed by atoms with Gasteiger partial charge in [0.05, 0.1) is 12.1 Å². The fraction of sp³-hybridized carbons (Fsp3) is 0.400. The first kappa shape index (κ1) is 23.0. The van der Waals surface area contributed by atoms with Crippen molar-refractivity contribution < 1.29 is 19.7 Å². The van der Waals surface area contributed by atoms with E-state index in [1.165, 1.54) is 0 Å². The Balaban J connectivity index is 1.70. The third kappa shape index (κ3) is 5.94. The zero-order chi connectivity index (χ0) is 22.4. The SMILES string of the molecule is COC(CN(C=O)c1ccc(CN2CCC=C(C(C)(C)O)C2)c(O)c1)c1ccccc1. The molecule has 0 fully saturated rings. The van der Waals surface area contributed by atoms with Crippen molar-refractivity contribution in [2.24, 2.45) is 0 Å². The lowest BCUT2D eigenvalue weighted by Gasteiger charge is -2.33. The molecule has 166 valence electrons. The van der Waals surface area contributed by atoms with Crippen molar-refractivity contribution in [3.8, 4) is 5.75 Å². The van der Waals surface area contributed by atoms with Crippen LogP contribution in [-0.2, 0) is 16.1 Å². The minimum absolute atomic E-state index is 0.150. The number of amides is 1. The second-order valence-electron chi connectivity index (χ2n) is 8.49. The highest BCUT2D eigenvalue weighted by Crippen LogP contribution is 2.29. The third-order valence-electron chi connectivity index (χ3n) is 5.76. The number of aromatic hydroxyl groups is 1. The van der Waals surface area contributed by atoms with E-state index in [1.54, 1.807) is 31.9 Å². The van der Waals surface area contributed by atoms with Gasteiger partial charge in [0.2, 0.25) is 6.41 Å². The van der Waals surface area contributed by atoms with Crippen LogP contribution in [0.15, 0.2) is 60.2 Å². The van der Waals surface area contributed by atoms with Crippen molar-refractivity contribution in [1.82, 2.24) is 4.90 Å². The van der Waals surface area contributed by atoms with Crippen LogP contribution in [0.4, 0.5) is 5.69 Å². The molecule has 0 saturated heterocycles. The molecule has 31 heavy (non-hydrogen) atoms. The summed E-state index contributed by atoms with van der Waals surface area (Å²) < 4.78 is 5.59. The number of benzene rings is 2. The zero-order valence-corrected chi connectivity index (χ0v) is 18.5. The van der Waals surface area contributed by atoms with E-state index in [9.17, 15) is 15.0 Å². The van der Waals surface area contributed by atoms with Crippen LogP contribution in [0, 0.1) is 0 Å². The molecule has 3 rings (SSSR count). The molecule has 2 N–H and O–H groups in total. The maximum atomic E-state index is 11.8. The van der Waals surface area contributed by atoms with Crippen molar-refractivity contribution >= 4 is 12.1 Å². The number of hydrogen-bond donors (Lipinski definition) is 2. The topological polar surface area (TPSA) is 73.2 Å². The highest BCUT2D eigenvalue weighted by atomic mass is 16.5. The molecule has 0 bridgehead atoms. The zero-order valence-electron chi connectivity index (χ0n) is 18.5. The molecule has 1 amide bonds. The quantitative estimate of drug-likeness (QED) is 0.475. The van der Waals surface area contributed by atoms with Gasteiger partial charge < -0.3 is 19.8 Å². The molecule has 0 saturated carbocycles. The number of aliphatic hydroxyl groups is 1. The summed E-state index contributed by atoms with van der Waals surface area (Å²) in [5.74, 6) is 0.150. The van der Waals surface area contributed by atoms with Gasteiger partial charge in [0, 0.05) is 44.1 Å². The Bertz CT molecular complexity index is 905. The number of anilines is 1. The average molecular weight is 425 g/mol. The predicted molar refractivity (Wildman–Crippen MR) is 122 cm³/mol. The summed E-state index contributed by atoms with van der Waals surface area (Å²) in [6.07, 6.45) is 3.46. The van der Waals surface area contributed by atoms with Gasteiger partial charge in [-0.2, -0.15) is 0 Å². The van der Waals surface area contributed by atoms with Crippen molar-refractivity contribution in [2.75, 3.05) is 31.6 Å². The molecule has 2 aromatic rings. The maximum absolute atomic E-state index is 11.8. The molecule has 1 unspecified atom stereocenters. The third-order valence-corrected chi connectivity index (χ3v) is 5.76. The first-order chi connectivity index (χ1) is 14.8. The summed E-state index contributed by atoms with van der Waals surface area (Å²) in [5, 5.41) is 20.9. The largest absolute Gasteiger partial charge is 0.508 e. The minimum atomic E-state index is -0.842. The monoisotopic (exact) mass is 424 g/mol. The van der Waals surface area contributed by atoms with Crippen LogP contribution in [0.5, 0.6) is 5.75 Å². The number of rotatable bonds is 9. The molecule has 0 radical (unpaired) electrons. The van der Waals surface area contributed by atoms with Gasteiger partial charge in [0.1, 0.15) is 11.9 Å². The molecule has 1 aliphatic rings. The number of ether oxygens (including phenoxy) is 1. The number of phenols is 1. The van der Waals surface area contributed by atoms with Crippen LogP contribution in [0.1, 0.15) is 37.5 Å². The maximum Gasteiger partial charge on any atom is 0.214 e. The van der Waals surface area contributed by atoms with Crippen LogP contribution in [0.2, 0.25) is 0 Å². The summed E-state index contributed by atoms with van der Waals surface area (Å²) >= 11 is 0. The van der Waals surface area contributed by atoms with Gasteiger partial charge in [0.15, 0.2) is 0 Å². The highest BCUT2D eigenvalue weighted by molar-refractivity contribution is 5.76. The molecular formula is C25H32N2O4. The lowest BCUT2D eigenvalue weighted by Crippen LogP contribution is -2.36. The van der Waals surface area contributed by atoms with E-state index in [1.807, 2.05) is 42.5 Å². The van der Waals surface area contributed by atoms with E-state index < -0.39 is 5.60 Å². The number of carbonyl (C=O) groups is 1. The molecule has 6 heteroatoms. The van der Waals surface area contributed by atoms with Gasteiger partial charge in [-0.15, -0.1) is 0 Å². The number of phenolic OH excluding ortho intramolecular Hbond substituents is 1. The molecule has 0 aliphatic carbocycles. The van der Waals surface area contributed by atoms with Crippen LogP contribution in [-0.4, -0.2) is 53.9 Å². The molecule has 6 nitrogen and oxygen atoms in total. The van der Waals surface area contributed by atoms with Crippen molar-refractivity contribution in [2.45, 2.75) is 38.5 Å². The van der Waals surface area contributed by atoms with E-state index in [-0.39, 0.29) is 11.9 Å². The molecule has 1 heterocycles. The Kier molecular flexibility index (Phi) is 7.49. The van der Waals surface area contributed by atoms with Crippen LogP contribution in [0.25, 0.3) is 0 Å². The normalized spacial score (nSPS) is 15.9. The van der Waals surface area contributed by atoms with Gasteiger partial charge in [-0.1, -0.05) is 42.5 Å². The molecular weight excluding hydrogens is 392 g/mol. The Hall–Kier alpha value is -2.67. The molecule has 1 aliphatic heterocycles. The molecule has 0 spiro atoms. The van der Waals surface area contributed by atoms with Gasteiger partial charge in [-0.25, -0.2) is 0 Å². The van der Waals surface area contributed by atoms with E-state index in [0.29, 0.717) is 25.3 Å². The lowest BCUT2D eigenvalue weighted by atomic mass is 9.94. The summed E-state index contributed by atoms with van der Waals surface area (Å²) in [4.78, 5) is 15.5. The summed E-state index contributed by atoms with van der Waals surface area (Å²) in [6, 6.07) is 15.1. The van der Waals surface area contributed by atoms with Gasteiger partial charge in [-0.3, -0.25) is 9.69 Å². The average Bonchev–Trinajstić information content (AvgIpc) is 2.76. The molecule has 1 atom stereocenters. The molecule has 0 aromatic heterocycles. The van der Waals surface area contributed by atoms with E-state index >= 15 is 0 Å².